The van der Waals surface area contributed by atoms with Crippen LogP contribution in [0, 0.1) is 26.7 Å². The second kappa shape index (κ2) is 22.5. The smallest absolute Gasteiger partial charge is 0.249 e. The number of anilines is 4. The molecule has 7 rings (SSSR count). The number of terminal acetylenes is 1. The van der Waals surface area contributed by atoms with Gasteiger partial charge in [0.1, 0.15) is 25.0 Å². The van der Waals surface area contributed by atoms with Crippen molar-refractivity contribution in [1.82, 2.24) is 20.1 Å². The van der Waals surface area contributed by atoms with Crippen molar-refractivity contribution in [2.45, 2.75) is 85.2 Å². The summed E-state index contributed by atoms with van der Waals surface area (Å²) in [5.41, 5.74) is 9.83. The third-order valence-corrected chi connectivity index (χ3v) is 11.6. The Hall–Kier alpha value is -5.87. The van der Waals surface area contributed by atoms with Gasteiger partial charge >= 0.3 is 0 Å². The van der Waals surface area contributed by atoms with Gasteiger partial charge in [-0.15, -0.1) is 12.8 Å². The number of aromatic nitrogens is 1. The molecule has 0 saturated carbocycles. The number of rotatable bonds is 11. The van der Waals surface area contributed by atoms with Gasteiger partial charge in [-0.1, -0.05) is 49.8 Å². The second-order valence-corrected chi connectivity index (χ2v) is 15.4. The van der Waals surface area contributed by atoms with E-state index in [-0.39, 0.29) is 23.8 Å². The molecule has 4 aliphatic rings. The Kier molecular flexibility index (Phi) is 16.9. The van der Waals surface area contributed by atoms with E-state index in [9.17, 15) is 14.4 Å². The number of aliphatic imine (C=N–C) groups is 1. The number of nitrogens with zero attached hydrogens (tertiary/aromatic N) is 5. The lowest BCUT2D eigenvalue weighted by Gasteiger charge is -2.39. The number of pyridine rings is 1. The minimum atomic E-state index is -0.305. The SMILES string of the molecule is C#C.C/C=C1/CCN(c2cnc3c(c2C)NCCO3)C/C1=N/CNc1ccc(CC(=O)N2CCN(C(CC)CC)CC2)cc1.Cc1ccc(NC2CCC(=O)NC2=O)cc1. The first kappa shape index (κ1) is 45.2. The third-order valence-electron chi connectivity index (χ3n) is 11.6. The zero-order valence-corrected chi connectivity index (χ0v) is 36.1. The summed E-state index contributed by atoms with van der Waals surface area (Å²) >= 11 is 0. The highest BCUT2D eigenvalue weighted by Crippen LogP contribution is 2.35. The number of fused-ring (bicyclic) bond motifs is 1. The van der Waals surface area contributed by atoms with Gasteiger partial charge in [-0.05, 0) is 81.9 Å². The number of imide groups is 1. The third kappa shape index (κ3) is 12.1. The molecular formula is C47H63N9O4. The molecule has 0 aliphatic carbocycles. The number of ether oxygens (including phenoxy) is 1. The van der Waals surface area contributed by atoms with E-state index < -0.39 is 0 Å². The largest absolute Gasteiger partial charge is 0.474 e. The van der Waals surface area contributed by atoms with Crippen LogP contribution in [0.15, 0.2) is 71.4 Å². The zero-order valence-electron chi connectivity index (χ0n) is 36.1. The highest BCUT2D eigenvalue weighted by atomic mass is 16.5. The van der Waals surface area contributed by atoms with Crippen molar-refractivity contribution in [3.8, 4) is 18.7 Å². The fraction of sp³-hybridized carbons (Fsp3) is 0.468. The molecule has 0 spiro atoms. The Morgan fingerprint density at radius 3 is 2.35 bits per heavy atom. The molecule has 3 fully saturated rings. The first-order valence-corrected chi connectivity index (χ1v) is 21.3. The number of hydrogen-bond donors (Lipinski definition) is 4. The molecule has 1 unspecified atom stereocenters. The lowest BCUT2D eigenvalue weighted by molar-refractivity contribution is -0.134. The monoisotopic (exact) mass is 818 g/mol. The normalized spacial score (nSPS) is 19.2. The van der Waals surface area contributed by atoms with Crippen LogP contribution in [0.4, 0.5) is 22.7 Å². The molecule has 13 nitrogen and oxygen atoms in total. The highest BCUT2D eigenvalue weighted by molar-refractivity contribution is 6.04. The lowest BCUT2D eigenvalue weighted by Crippen LogP contribution is -2.52. The van der Waals surface area contributed by atoms with Gasteiger partial charge in [0.05, 0.1) is 30.6 Å². The number of benzene rings is 2. The van der Waals surface area contributed by atoms with Gasteiger partial charge in [0.2, 0.25) is 23.6 Å². The van der Waals surface area contributed by atoms with Gasteiger partial charge in [-0.25, -0.2) is 4.98 Å². The van der Waals surface area contributed by atoms with Gasteiger partial charge in [0, 0.05) is 68.7 Å². The maximum atomic E-state index is 12.9. The van der Waals surface area contributed by atoms with E-state index in [1.54, 1.807) is 0 Å². The summed E-state index contributed by atoms with van der Waals surface area (Å²) in [6.07, 6.45) is 16.8. The molecule has 13 heteroatoms. The number of carbonyl (C=O) groups is 3. The maximum Gasteiger partial charge on any atom is 0.249 e. The van der Waals surface area contributed by atoms with Crippen LogP contribution < -0.4 is 30.9 Å². The minimum Gasteiger partial charge on any atom is -0.474 e. The standard InChI is InChI=1S/C33H47N7O2.C12H14N2O2.C2H2/c1-5-26-12-14-40(30-21-35-33-32(24(30)4)34-13-19-42-33)22-29(26)37-23-36-27-10-8-25(9-11-27)20-31(41)39-17-15-38(16-18-39)28(6-2)7-3;1-8-2-4-9(5-3-8)13-10-6-7-11(15)14-12(10)16;1-2/h5,8-11,21,28,34,36H,6-7,12-20,22-23H2,1-4H3;2-5,10,13H,6-7H2,1H3,(H,14,15,16);1-2H/b26-5-,37-29-;;. The van der Waals surface area contributed by atoms with E-state index in [4.69, 9.17) is 9.73 Å². The summed E-state index contributed by atoms with van der Waals surface area (Å²) < 4.78 is 5.72. The minimum absolute atomic E-state index is 0.188. The topological polar surface area (TPSA) is 144 Å². The second-order valence-electron chi connectivity index (χ2n) is 15.4. The molecule has 3 amide bonds. The van der Waals surface area contributed by atoms with Gasteiger partial charge in [-0.2, -0.15) is 0 Å². The van der Waals surface area contributed by atoms with Crippen LogP contribution in [-0.2, 0) is 20.8 Å². The number of carbonyl (C=O) groups excluding carboxylic acids is 3. The van der Waals surface area contributed by atoms with E-state index in [1.807, 2.05) is 42.3 Å². The molecule has 0 bridgehead atoms. The molecular weight excluding hydrogens is 755 g/mol. The number of nitrogens with one attached hydrogen (secondary N) is 4. The van der Waals surface area contributed by atoms with Crippen LogP contribution in [-0.4, -0.2) is 109 Å². The van der Waals surface area contributed by atoms with Crippen LogP contribution in [0.1, 0.15) is 69.6 Å². The van der Waals surface area contributed by atoms with Crippen molar-refractivity contribution in [3.63, 3.8) is 0 Å². The molecule has 1 atom stereocenters. The Morgan fingerprint density at radius 1 is 0.983 bits per heavy atom. The molecule has 1 aromatic heterocycles. The average molecular weight is 818 g/mol. The fourth-order valence-electron chi connectivity index (χ4n) is 8.04. The van der Waals surface area contributed by atoms with E-state index in [0.29, 0.717) is 44.5 Å². The Balaban J connectivity index is 0.000000316. The summed E-state index contributed by atoms with van der Waals surface area (Å²) in [7, 11) is 0. The van der Waals surface area contributed by atoms with Crippen LogP contribution in [0.3, 0.4) is 0 Å². The predicted molar refractivity (Wildman–Crippen MR) is 243 cm³/mol. The lowest BCUT2D eigenvalue weighted by atomic mass is 10.00. The Bertz CT molecular complexity index is 1980. The first-order chi connectivity index (χ1) is 29.1. The summed E-state index contributed by atoms with van der Waals surface area (Å²) in [6.45, 7) is 18.0. The maximum absolute atomic E-state index is 12.9. The van der Waals surface area contributed by atoms with Crippen molar-refractivity contribution in [1.29, 1.82) is 0 Å². The number of allylic oxidation sites excluding steroid dienone is 1. The van der Waals surface area contributed by atoms with Gasteiger partial charge in [-0.3, -0.25) is 29.6 Å². The fourth-order valence-corrected chi connectivity index (χ4v) is 8.04. The van der Waals surface area contributed by atoms with Crippen LogP contribution in [0.5, 0.6) is 5.88 Å². The molecule has 3 saturated heterocycles. The van der Waals surface area contributed by atoms with Gasteiger partial charge < -0.3 is 30.5 Å². The van der Waals surface area contributed by atoms with Crippen molar-refractivity contribution < 1.29 is 19.1 Å². The van der Waals surface area contributed by atoms with Crippen LogP contribution >= 0.6 is 0 Å². The van der Waals surface area contributed by atoms with E-state index in [0.717, 1.165) is 86.3 Å². The molecule has 4 aliphatic heterocycles. The Labute approximate surface area is 356 Å². The van der Waals surface area contributed by atoms with E-state index in [1.165, 1.54) is 29.5 Å². The van der Waals surface area contributed by atoms with Gasteiger partial charge in [0.25, 0.3) is 0 Å². The number of piperidine rings is 2. The van der Waals surface area contributed by atoms with E-state index in [2.05, 4.69) is 107 Å². The molecule has 0 radical (unpaired) electrons. The molecule has 320 valence electrons. The predicted octanol–water partition coefficient (Wildman–Crippen LogP) is 6.20. The summed E-state index contributed by atoms with van der Waals surface area (Å²) in [5.74, 6) is 0.487. The average Bonchev–Trinajstić information content (AvgIpc) is 3.28. The summed E-state index contributed by atoms with van der Waals surface area (Å²) in [6, 6.07) is 16.4. The number of piperazine rings is 1. The highest BCUT2D eigenvalue weighted by Gasteiger charge is 2.27. The van der Waals surface area contributed by atoms with Crippen LogP contribution in [0.25, 0.3) is 0 Å². The van der Waals surface area contributed by atoms with Crippen LogP contribution in [0.2, 0.25) is 0 Å². The summed E-state index contributed by atoms with van der Waals surface area (Å²) in [5, 5.41) is 12.3. The number of aryl methyl sites for hydroxylation is 1. The first-order valence-electron chi connectivity index (χ1n) is 21.3. The van der Waals surface area contributed by atoms with E-state index >= 15 is 0 Å². The number of amides is 3. The quantitative estimate of drug-likeness (QED) is 0.131. The van der Waals surface area contributed by atoms with Crippen molar-refractivity contribution in [3.05, 3.63) is 83.1 Å². The van der Waals surface area contributed by atoms with Gasteiger partial charge in [0.15, 0.2) is 0 Å². The Morgan fingerprint density at radius 2 is 1.68 bits per heavy atom. The molecule has 4 N–H and O–H groups in total. The van der Waals surface area contributed by atoms with Crippen molar-refractivity contribution >= 4 is 46.2 Å². The number of hydrogen-bond acceptors (Lipinski definition) is 11. The molecule has 2 aromatic carbocycles. The van der Waals surface area contributed by atoms with Crippen molar-refractivity contribution in [2.75, 3.05) is 79.9 Å². The molecule has 3 aromatic rings. The molecule has 60 heavy (non-hydrogen) atoms. The zero-order chi connectivity index (χ0) is 43.0. The summed E-state index contributed by atoms with van der Waals surface area (Å²) in [4.78, 5) is 51.8. The molecule has 5 heterocycles. The van der Waals surface area contributed by atoms with Crippen molar-refractivity contribution in [2.24, 2.45) is 4.99 Å².